The Hall–Kier alpha value is -3.46. The van der Waals surface area contributed by atoms with Crippen LogP contribution in [0.2, 0.25) is 0 Å². The number of H-pyrrole nitrogens is 2. The Kier molecular flexibility index (Phi) is 2.97. The van der Waals surface area contributed by atoms with E-state index in [-0.39, 0.29) is 17.0 Å². The van der Waals surface area contributed by atoms with E-state index in [0.29, 0.717) is 17.0 Å². The molecule has 3 aromatic rings. The van der Waals surface area contributed by atoms with Crippen LogP contribution in [0.15, 0.2) is 52.6 Å². The van der Waals surface area contributed by atoms with Crippen LogP contribution in [-0.2, 0) is 0 Å². The van der Waals surface area contributed by atoms with Gasteiger partial charge in [0, 0.05) is 11.3 Å². The summed E-state index contributed by atoms with van der Waals surface area (Å²) in [4.78, 5) is 12.4. The molecule has 1 unspecified atom stereocenters. The molecule has 24 heavy (non-hydrogen) atoms. The third kappa shape index (κ3) is 1.85. The molecule has 0 spiro atoms. The lowest BCUT2D eigenvalue weighted by Crippen LogP contribution is -2.24. The maximum absolute atomic E-state index is 12.4. The van der Waals surface area contributed by atoms with Crippen LogP contribution >= 0.6 is 0 Å². The summed E-state index contributed by atoms with van der Waals surface area (Å²) in [6, 6.07) is 13.7. The van der Waals surface area contributed by atoms with E-state index in [2.05, 4.69) is 16.3 Å². The lowest BCUT2D eigenvalue weighted by Gasteiger charge is -2.27. The number of hydrogen-bond acceptors (Lipinski definition) is 4. The minimum Gasteiger partial charge on any atom is -0.440 e. The van der Waals surface area contributed by atoms with Gasteiger partial charge in [-0.05, 0) is 23.8 Å². The zero-order chi connectivity index (χ0) is 16.8. The van der Waals surface area contributed by atoms with Crippen LogP contribution in [0.1, 0.15) is 22.7 Å². The fourth-order valence-electron chi connectivity index (χ4n) is 3.33. The number of nitriles is 1. The van der Waals surface area contributed by atoms with E-state index in [1.54, 1.807) is 6.92 Å². The fourth-order valence-corrected chi connectivity index (χ4v) is 3.33. The second-order valence-electron chi connectivity index (χ2n) is 5.74. The third-order valence-electron chi connectivity index (χ3n) is 4.41. The summed E-state index contributed by atoms with van der Waals surface area (Å²) in [6.45, 7) is 1.79. The quantitative estimate of drug-likeness (QED) is 0.640. The van der Waals surface area contributed by atoms with Crippen molar-refractivity contribution in [3.05, 3.63) is 75.0 Å². The first-order valence-corrected chi connectivity index (χ1v) is 7.48. The lowest BCUT2D eigenvalue weighted by atomic mass is 9.81. The number of rotatable bonds is 1. The molecule has 6 nitrogen and oxygen atoms in total. The minimum atomic E-state index is -0.570. The fraction of sp³-hybridized carbons (Fsp3) is 0.111. The number of aryl methyl sites for hydroxylation is 1. The van der Waals surface area contributed by atoms with Gasteiger partial charge in [-0.3, -0.25) is 9.89 Å². The van der Waals surface area contributed by atoms with Crippen molar-refractivity contribution in [3.63, 3.8) is 0 Å². The van der Waals surface area contributed by atoms with E-state index in [1.807, 2.05) is 36.4 Å². The number of fused-ring (bicyclic) bond motifs is 3. The molecule has 4 N–H and O–H groups in total. The number of nitrogens with zero attached hydrogens (tertiary/aromatic N) is 1. The van der Waals surface area contributed by atoms with Gasteiger partial charge in [0.25, 0.3) is 5.56 Å². The van der Waals surface area contributed by atoms with E-state index < -0.39 is 5.92 Å². The molecule has 0 saturated carbocycles. The second kappa shape index (κ2) is 5.03. The molecule has 0 bridgehead atoms. The normalized spacial score (nSPS) is 16.6. The van der Waals surface area contributed by atoms with Gasteiger partial charge in [0.05, 0.1) is 11.5 Å². The number of benzene rings is 2. The molecule has 1 atom stereocenters. The molecule has 2 aromatic carbocycles. The SMILES string of the molecule is Cc1[nH][nH]c(=O)c1C1C(C#N)=C(N)Oc2ccc3ccccc3c21. The molecular weight excluding hydrogens is 304 g/mol. The predicted octanol–water partition coefficient (Wildman–Crippen LogP) is 2.38. The highest BCUT2D eigenvalue weighted by atomic mass is 16.5. The van der Waals surface area contributed by atoms with Gasteiger partial charge < -0.3 is 15.6 Å². The Labute approximate surface area is 137 Å². The molecule has 0 radical (unpaired) electrons. The second-order valence-corrected chi connectivity index (χ2v) is 5.74. The Morgan fingerprint density at radius 3 is 2.67 bits per heavy atom. The van der Waals surface area contributed by atoms with E-state index >= 15 is 0 Å². The van der Waals surface area contributed by atoms with Crippen molar-refractivity contribution < 1.29 is 4.74 Å². The van der Waals surface area contributed by atoms with Crippen molar-refractivity contribution in [2.75, 3.05) is 0 Å². The van der Waals surface area contributed by atoms with Crippen LogP contribution in [0.25, 0.3) is 10.8 Å². The Bertz CT molecular complexity index is 1100. The predicted molar refractivity (Wildman–Crippen MR) is 89.4 cm³/mol. The van der Waals surface area contributed by atoms with Gasteiger partial charge in [0.1, 0.15) is 17.4 Å². The average molecular weight is 318 g/mol. The number of nitrogens with two attached hydrogens (primary N) is 1. The van der Waals surface area contributed by atoms with E-state index in [1.165, 1.54) is 0 Å². The van der Waals surface area contributed by atoms with Crippen molar-refractivity contribution in [1.29, 1.82) is 5.26 Å². The van der Waals surface area contributed by atoms with Crippen molar-refractivity contribution in [2.24, 2.45) is 5.73 Å². The van der Waals surface area contributed by atoms with Crippen LogP contribution < -0.4 is 16.0 Å². The molecule has 6 heteroatoms. The minimum absolute atomic E-state index is 0.0327. The van der Waals surface area contributed by atoms with E-state index in [9.17, 15) is 10.1 Å². The molecule has 1 aromatic heterocycles. The zero-order valence-corrected chi connectivity index (χ0v) is 12.9. The third-order valence-corrected chi connectivity index (χ3v) is 4.41. The zero-order valence-electron chi connectivity index (χ0n) is 12.9. The van der Waals surface area contributed by atoms with Gasteiger partial charge in [0.15, 0.2) is 0 Å². The van der Waals surface area contributed by atoms with Crippen molar-refractivity contribution in [3.8, 4) is 11.8 Å². The molecular formula is C18H14N4O2. The highest BCUT2D eigenvalue weighted by Gasteiger charge is 2.35. The molecule has 1 aliphatic heterocycles. The monoisotopic (exact) mass is 318 g/mol. The number of aromatic nitrogens is 2. The molecule has 0 fully saturated rings. The number of aromatic amines is 2. The Balaban J connectivity index is 2.14. The number of allylic oxidation sites excluding steroid dienone is 1. The Morgan fingerprint density at radius 1 is 1.17 bits per heavy atom. The summed E-state index contributed by atoms with van der Waals surface area (Å²) in [5.74, 6) is 0.0281. The van der Waals surface area contributed by atoms with Crippen LogP contribution in [-0.4, -0.2) is 10.2 Å². The van der Waals surface area contributed by atoms with Crippen LogP contribution in [0.3, 0.4) is 0 Å². The summed E-state index contributed by atoms with van der Waals surface area (Å²) < 4.78 is 5.66. The highest BCUT2D eigenvalue weighted by molar-refractivity contribution is 5.90. The molecule has 118 valence electrons. The molecule has 1 aliphatic rings. The summed E-state index contributed by atoms with van der Waals surface area (Å²) in [6.07, 6.45) is 0. The van der Waals surface area contributed by atoms with Gasteiger partial charge in [-0.2, -0.15) is 5.26 Å². The number of hydrogen-bond donors (Lipinski definition) is 3. The molecule has 2 heterocycles. The maximum atomic E-state index is 12.4. The van der Waals surface area contributed by atoms with Crippen LogP contribution in [0.5, 0.6) is 5.75 Å². The van der Waals surface area contributed by atoms with Gasteiger partial charge in [-0.15, -0.1) is 0 Å². The Morgan fingerprint density at radius 2 is 1.96 bits per heavy atom. The summed E-state index contributed by atoms with van der Waals surface area (Å²) in [5, 5.41) is 17.0. The topological polar surface area (TPSA) is 108 Å². The van der Waals surface area contributed by atoms with Gasteiger partial charge in [0.2, 0.25) is 5.88 Å². The smallest absolute Gasteiger partial charge is 0.268 e. The van der Waals surface area contributed by atoms with Crippen molar-refractivity contribution in [2.45, 2.75) is 12.8 Å². The van der Waals surface area contributed by atoms with Crippen LogP contribution in [0, 0.1) is 18.3 Å². The first-order valence-electron chi connectivity index (χ1n) is 7.48. The van der Waals surface area contributed by atoms with Crippen molar-refractivity contribution in [1.82, 2.24) is 10.2 Å². The molecule has 0 aliphatic carbocycles. The maximum Gasteiger partial charge on any atom is 0.268 e. The molecule has 0 amide bonds. The van der Waals surface area contributed by atoms with Crippen molar-refractivity contribution >= 4 is 10.8 Å². The standard InChI is InChI=1S/C18H14N4O2/c1-9-14(18(23)22-21-9)16-12(8-19)17(20)24-13-7-6-10-4-2-3-5-11(10)15(13)16/h2-7,16H,20H2,1H3,(H2,21,22,23). The molecule has 0 saturated heterocycles. The lowest BCUT2D eigenvalue weighted by molar-refractivity contribution is 0.394. The summed E-state index contributed by atoms with van der Waals surface area (Å²) >= 11 is 0. The summed E-state index contributed by atoms with van der Waals surface area (Å²) in [7, 11) is 0. The van der Waals surface area contributed by atoms with Crippen LogP contribution in [0.4, 0.5) is 0 Å². The summed E-state index contributed by atoms with van der Waals surface area (Å²) in [5.41, 5.74) is 7.87. The van der Waals surface area contributed by atoms with Gasteiger partial charge >= 0.3 is 0 Å². The van der Waals surface area contributed by atoms with E-state index in [0.717, 1.165) is 16.3 Å². The highest BCUT2D eigenvalue weighted by Crippen LogP contribution is 2.45. The number of nitrogens with one attached hydrogen (secondary N) is 2. The largest absolute Gasteiger partial charge is 0.440 e. The van der Waals surface area contributed by atoms with Gasteiger partial charge in [-0.1, -0.05) is 30.3 Å². The van der Waals surface area contributed by atoms with Gasteiger partial charge in [-0.25, -0.2) is 0 Å². The molecule has 4 rings (SSSR count). The average Bonchev–Trinajstić information content (AvgIpc) is 2.92. The first-order chi connectivity index (χ1) is 11.6. The first kappa shape index (κ1) is 14.2. The number of ether oxygens (including phenoxy) is 1. The van der Waals surface area contributed by atoms with E-state index in [4.69, 9.17) is 10.5 Å².